The van der Waals surface area contributed by atoms with Gasteiger partial charge >= 0.3 is 0 Å². The van der Waals surface area contributed by atoms with Crippen LogP contribution in [-0.2, 0) is 22.7 Å². The summed E-state index contributed by atoms with van der Waals surface area (Å²) in [6.45, 7) is 0.221. The minimum absolute atomic E-state index is 0.0340. The Balaban J connectivity index is 1.77. The maximum atomic E-state index is 12.9. The van der Waals surface area contributed by atoms with E-state index in [-0.39, 0.29) is 30.4 Å². The smallest absolute Gasteiger partial charge is 0.289 e. The minimum atomic E-state index is -1.05. The number of nitrogens with one attached hydrogen (secondary N) is 1. The highest BCUT2D eigenvalue weighted by Crippen LogP contribution is 2.21. The lowest BCUT2D eigenvalue weighted by Crippen LogP contribution is -2.27. The molecule has 0 spiro atoms. The van der Waals surface area contributed by atoms with Gasteiger partial charge in [0, 0.05) is 23.6 Å². The van der Waals surface area contributed by atoms with E-state index in [1.807, 2.05) is 0 Å². The molecule has 7 heteroatoms. The van der Waals surface area contributed by atoms with Crippen LogP contribution in [0.1, 0.15) is 15.9 Å². The zero-order valence-electron chi connectivity index (χ0n) is 13.7. The fraction of sp³-hybridized carbons (Fsp3) is 0.105. The maximum absolute atomic E-state index is 12.9. The van der Waals surface area contributed by atoms with Gasteiger partial charge < -0.3 is 15.6 Å². The Labute approximate surface area is 148 Å². The van der Waals surface area contributed by atoms with Crippen LogP contribution in [0.3, 0.4) is 0 Å². The molecular formula is C19H16FN3O3. The molecule has 0 bridgehead atoms. The van der Waals surface area contributed by atoms with Crippen LogP contribution in [0.4, 0.5) is 4.39 Å². The Kier molecular flexibility index (Phi) is 4.79. The minimum Gasteiger partial charge on any atom is -0.363 e. The third kappa shape index (κ3) is 3.61. The number of fused-ring (bicyclic) bond motifs is 1. The molecule has 132 valence electrons. The standard InChI is InChI=1S/C19H16FN3O3/c20-13-7-5-12(6-8-13)9-22-17(24)11-23-10-15(18(25)19(21)26)14-3-1-2-4-16(14)23/h1-8,10H,9,11H2,(H2,21,26)(H,22,24). The Morgan fingerprint density at radius 3 is 2.42 bits per heavy atom. The quantitative estimate of drug-likeness (QED) is 0.522. The number of para-hydroxylation sites is 1. The van der Waals surface area contributed by atoms with Crippen molar-refractivity contribution in [1.29, 1.82) is 0 Å². The molecule has 3 aromatic rings. The second kappa shape index (κ2) is 7.18. The number of ketones is 1. The summed E-state index contributed by atoms with van der Waals surface area (Å²) in [6, 6.07) is 12.8. The molecule has 3 N–H and O–H groups in total. The molecule has 0 fully saturated rings. The van der Waals surface area contributed by atoms with Gasteiger partial charge in [0.15, 0.2) is 0 Å². The molecule has 0 aliphatic heterocycles. The first-order valence-corrected chi connectivity index (χ1v) is 7.89. The SMILES string of the molecule is NC(=O)C(=O)c1cn(CC(=O)NCc2ccc(F)cc2)c2ccccc12. The highest BCUT2D eigenvalue weighted by Gasteiger charge is 2.19. The van der Waals surface area contributed by atoms with Crippen molar-refractivity contribution in [3.05, 3.63) is 71.7 Å². The molecule has 26 heavy (non-hydrogen) atoms. The fourth-order valence-corrected chi connectivity index (χ4v) is 2.70. The topological polar surface area (TPSA) is 94.2 Å². The number of Topliss-reactive ketones (excluding diaryl/α,β-unsaturated/α-hetero) is 1. The average Bonchev–Trinajstić information content (AvgIpc) is 2.99. The van der Waals surface area contributed by atoms with E-state index in [9.17, 15) is 18.8 Å². The molecule has 0 saturated heterocycles. The van der Waals surface area contributed by atoms with Gasteiger partial charge in [0.1, 0.15) is 12.4 Å². The normalized spacial score (nSPS) is 10.7. The number of aromatic nitrogens is 1. The number of benzene rings is 2. The summed E-state index contributed by atoms with van der Waals surface area (Å²) in [5.74, 6) is -2.47. The van der Waals surface area contributed by atoms with Gasteiger partial charge in [-0.05, 0) is 23.8 Å². The zero-order valence-corrected chi connectivity index (χ0v) is 13.7. The number of halogens is 1. The Morgan fingerprint density at radius 2 is 1.73 bits per heavy atom. The largest absolute Gasteiger partial charge is 0.363 e. The molecule has 3 rings (SSSR count). The lowest BCUT2D eigenvalue weighted by Gasteiger charge is -2.07. The van der Waals surface area contributed by atoms with Crippen LogP contribution < -0.4 is 11.1 Å². The molecule has 6 nitrogen and oxygen atoms in total. The van der Waals surface area contributed by atoms with E-state index in [0.29, 0.717) is 10.9 Å². The number of rotatable bonds is 6. The number of hydrogen-bond donors (Lipinski definition) is 2. The number of carbonyl (C=O) groups is 3. The molecule has 1 aromatic heterocycles. The highest BCUT2D eigenvalue weighted by atomic mass is 19.1. The molecule has 0 unspecified atom stereocenters. The number of amides is 2. The van der Waals surface area contributed by atoms with Crippen LogP contribution in [-0.4, -0.2) is 22.2 Å². The summed E-state index contributed by atoms with van der Waals surface area (Å²) in [5, 5.41) is 3.29. The van der Waals surface area contributed by atoms with Crippen molar-refractivity contribution in [2.75, 3.05) is 0 Å². The van der Waals surface area contributed by atoms with Crippen molar-refractivity contribution < 1.29 is 18.8 Å². The Morgan fingerprint density at radius 1 is 1.04 bits per heavy atom. The van der Waals surface area contributed by atoms with Crippen LogP contribution in [0.25, 0.3) is 10.9 Å². The summed E-state index contributed by atoms with van der Waals surface area (Å²) < 4.78 is 14.5. The van der Waals surface area contributed by atoms with Crippen LogP contribution in [0, 0.1) is 5.82 Å². The molecule has 0 saturated carbocycles. The van der Waals surface area contributed by atoms with E-state index in [4.69, 9.17) is 5.73 Å². The molecular weight excluding hydrogens is 337 g/mol. The van der Waals surface area contributed by atoms with Crippen molar-refractivity contribution in [1.82, 2.24) is 9.88 Å². The van der Waals surface area contributed by atoms with Gasteiger partial charge in [-0.15, -0.1) is 0 Å². The van der Waals surface area contributed by atoms with Gasteiger partial charge in [0.2, 0.25) is 5.91 Å². The average molecular weight is 353 g/mol. The van der Waals surface area contributed by atoms with E-state index in [0.717, 1.165) is 5.56 Å². The summed E-state index contributed by atoms with van der Waals surface area (Å²) in [6.07, 6.45) is 1.45. The number of hydrogen-bond acceptors (Lipinski definition) is 3. The van der Waals surface area contributed by atoms with Gasteiger partial charge in [-0.2, -0.15) is 0 Å². The van der Waals surface area contributed by atoms with Crippen molar-refractivity contribution >= 4 is 28.5 Å². The van der Waals surface area contributed by atoms with E-state index in [1.165, 1.54) is 18.3 Å². The Hall–Kier alpha value is -3.48. The lowest BCUT2D eigenvalue weighted by molar-refractivity contribution is -0.121. The predicted molar refractivity (Wildman–Crippen MR) is 93.7 cm³/mol. The predicted octanol–water partition coefficient (Wildman–Crippen LogP) is 1.76. The second-order valence-corrected chi connectivity index (χ2v) is 5.78. The number of carbonyl (C=O) groups excluding carboxylic acids is 3. The zero-order chi connectivity index (χ0) is 18.7. The summed E-state index contributed by atoms with van der Waals surface area (Å²) in [4.78, 5) is 35.4. The molecule has 0 radical (unpaired) electrons. The van der Waals surface area contributed by atoms with Crippen LogP contribution in [0.5, 0.6) is 0 Å². The number of primary amides is 1. The van der Waals surface area contributed by atoms with Crippen molar-refractivity contribution in [3.8, 4) is 0 Å². The van der Waals surface area contributed by atoms with Crippen molar-refractivity contribution in [2.24, 2.45) is 5.73 Å². The van der Waals surface area contributed by atoms with Crippen molar-refractivity contribution in [3.63, 3.8) is 0 Å². The fourth-order valence-electron chi connectivity index (χ4n) is 2.70. The summed E-state index contributed by atoms with van der Waals surface area (Å²) in [5.41, 5.74) is 6.67. The van der Waals surface area contributed by atoms with Gasteiger partial charge in [-0.3, -0.25) is 14.4 Å². The highest BCUT2D eigenvalue weighted by molar-refractivity contribution is 6.44. The third-order valence-electron chi connectivity index (χ3n) is 3.97. The van der Waals surface area contributed by atoms with Gasteiger partial charge in [0.05, 0.1) is 5.56 Å². The summed E-state index contributed by atoms with van der Waals surface area (Å²) >= 11 is 0. The lowest BCUT2D eigenvalue weighted by atomic mass is 10.1. The maximum Gasteiger partial charge on any atom is 0.289 e. The molecule has 2 amide bonds. The number of nitrogens with two attached hydrogens (primary N) is 1. The first-order chi connectivity index (χ1) is 12.5. The molecule has 0 atom stereocenters. The molecule has 2 aromatic carbocycles. The monoisotopic (exact) mass is 353 g/mol. The van der Waals surface area contributed by atoms with Gasteiger partial charge in [0.25, 0.3) is 11.7 Å². The van der Waals surface area contributed by atoms with Crippen molar-refractivity contribution in [2.45, 2.75) is 13.1 Å². The molecule has 1 heterocycles. The van der Waals surface area contributed by atoms with E-state index in [1.54, 1.807) is 41.0 Å². The van der Waals surface area contributed by atoms with Gasteiger partial charge in [-0.1, -0.05) is 30.3 Å². The Bertz CT molecular complexity index is 993. The first kappa shape index (κ1) is 17.3. The number of nitrogens with zero attached hydrogens (tertiary/aromatic N) is 1. The molecule has 0 aliphatic rings. The van der Waals surface area contributed by atoms with Gasteiger partial charge in [-0.25, -0.2) is 4.39 Å². The molecule has 0 aliphatic carbocycles. The van der Waals surface area contributed by atoms with E-state index in [2.05, 4.69) is 5.32 Å². The van der Waals surface area contributed by atoms with E-state index >= 15 is 0 Å². The first-order valence-electron chi connectivity index (χ1n) is 7.89. The van der Waals surface area contributed by atoms with E-state index < -0.39 is 11.7 Å². The van der Waals surface area contributed by atoms with Crippen LogP contribution in [0.15, 0.2) is 54.7 Å². The van der Waals surface area contributed by atoms with Crippen LogP contribution in [0.2, 0.25) is 0 Å². The third-order valence-corrected chi connectivity index (χ3v) is 3.97. The van der Waals surface area contributed by atoms with Crippen LogP contribution >= 0.6 is 0 Å². The second-order valence-electron chi connectivity index (χ2n) is 5.78. The summed E-state index contributed by atoms with van der Waals surface area (Å²) in [7, 11) is 0.